The number of benzene rings is 2. The Morgan fingerprint density at radius 1 is 1.04 bits per heavy atom. The average molecular weight is 353 g/mol. The van der Waals surface area contributed by atoms with E-state index >= 15 is 0 Å². The molecule has 7 heteroatoms. The smallest absolute Gasteiger partial charge is 0.272 e. The molecule has 2 rings (SSSR count). The molecule has 0 aliphatic rings. The zero-order chi connectivity index (χ0) is 16.7. The van der Waals surface area contributed by atoms with Gasteiger partial charge in [0.1, 0.15) is 5.82 Å². The lowest BCUT2D eigenvalue weighted by Crippen LogP contribution is -2.42. The molecule has 120 valence electrons. The van der Waals surface area contributed by atoms with Crippen molar-refractivity contribution in [1.29, 1.82) is 0 Å². The van der Waals surface area contributed by atoms with Gasteiger partial charge in [0, 0.05) is 10.8 Å². The minimum absolute atomic E-state index is 0.124. The predicted molar refractivity (Wildman–Crippen MR) is 89.6 cm³/mol. The molecule has 23 heavy (non-hydrogen) atoms. The number of thioether (sulfide) groups is 1. The van der Waals surface area contributed by atoms with Crippen LogP contribution in [0.3, 0.4) is 0 Å². The summed E-state index contributed by atoms with van der Waals surface area (Å²) in [5, 5.41) is 0.660. The molecule has 0 fully saturated rings. The molecule has 0 spiro atoms. The SMILES string of the molecule is O=C(CSCc1ccc(Cl)cc1)NNC(=O)c1ccccc1F. The molecular formula is C16H14ClFN2O2S. The molecule has 0 aromatic heterocycles. The molecule has 0 aliphatic carbocycles. The van der Waals surface area contributed by atoms with Gasteiger partial charge in [0.05, 0.1) is 11.3 Å². The number of hydrazine groups is 1. The first-order valence-corrected chi connectivity index (χ1v) is 8.25. The molecule has 0 radical (unpaired) electrons. The second-order valence-electron chi connectivity index (χ2n) is 4.60. The van der Waals surface area contributed by atoms with Crippen LogP contribution < -0.4 is 10.9 Å². The molecule has 0 saturated carbocycles. The normalized spacial score (nSPS) is 10.2. The van der Waals surface area contributed by atoms with Crippen LogP contribution in [0.1, 0.15) is 15.9 Å². The standard InChI is InChI=1S/C16H14ClFN2O2S/c17-12-7-5-11(6-8-12)9-23-10-15(21)19-20-16(22)13-3-1-2-4-14(13)18/h1-8H,9-10H2,(H,19,21)(H,20,22). The summed E-state index contributed by atoms with van der Waals surface area (Å²) in [6.45, 7) is 0. The average Bonchev–Trinajstić information content (AvgIpc) is 2.55. The van der Waals surface area contributed by atoms with Gasteiger partial charge in [-0.2, -0.15) is 0 Å². The zero-order valence-corrected chi connectivity index (χ0v) is 13.6. The van der Waals surface area contributed by atoms with Gasteiger partial charge in [-0.05, 0) is 29.8 Å². The minimum Gasteiger partial charge on any atom is -0.272 e. The molecule has 2 amide bonds. The van der Waals surface area contributed by atoms with E-state index in [0.29, 0.717) is 10.8 Å². The van der Waals surface area contributed by atoms with Crippen LogP contribution in [0.4, 0.5) is 4.39 Å². The summed E-state index contributed by atoms with van der Waals surface area (Å²) in [7, 11) is 0. The fourth-order valence-electron chi connectivity index (χ4n) is 1.72. The fraction of sp³-hybridized carbons (Fsp3) is 0.125. The van der Waals surface area contributed by atoms with E-state index < -0.39 is 11.7 Å². The number of carbonyl (C=O) groups excluding carboxylic acids is 2. The summed E-state index contributed by atoms with van der Waals surface area (Å²) in [6.07, 6.45) is 0. The molecule has 4 nitrogen and oxygen atoms in total. The van der Waals surface area contributed by atoms with E-state index in [1.165, 1.54) is 30.0 Å². The van der Waals surface area contributed by atoms with E-state index in [9.17, 15) is 14.0 Å². The third-order valence-electron chi connectivity index (χ3n) is 2.85. The van der Waals surface area contributed by atoms with E-state index in [-0.39, 0.29) is 17.2 Å². The van der Waals surface area contributed by atoms with E-state index in [0.717, 1.165) is 5.56 Å². The third kappa shape index (κ3) is 5.58. The lowest BCUT2D eigenvalue weighted by atomic mass is 10.2. The Hall–Kier alpha value is -2.05. The molecule has 0 saturated heterocycles. The third-order valence-corrected chi connectivity index (χ3v) is 4.10. The molecular weight excluding hydrogens is 339 g/mol. The van der Waals surface area contributed by atoms with Crippen molar-refractivity contribution in [3.8, 4) is 0 Å². The van der Waals surface area contributed by atoms with E-state index in [2.05, 4.69) is 10.9 Å². The first-order valence-electron chi connectivity index (χ1n) is 6.72. The number of nitrogens with one attached hydrogen (secondary N) is 2. The van der Waals surface area contributed by atoms with Crippen molar-refractivity contribution >= 4 is 35.2 Å². The number of amides is 2. The van der Waals surface area contributed by atoms with E-state index in [1.54, 1.807) is 18.2 Å². The zero-order valence-electron chi connectivity index (χ0n) is 12.0. The maximum absolute atomic E-state index is 13.4. The lowest BCUT2D eigenvalue weighted by Gasteiger charge is -2.08. The molecule has 0 heterocycles. The number of halogens is 2. The Bertz CT molecular complexity index is 695. The van der Waals surface area contributed by atoms with Gasteiger partial charge in [-0.25, -0.2) is 4.39 Å². The van der Waals surface area contributed by atoms with Crippen molar-refractivity contribution in [3.63, 3.8) is 0 Å². The summed E-state index contributed by atoms with van der Waals surface area (Å²) in [5.74, 6) is -0.893. The number of hydrogen-bond acceptors (Lipinski definition) is 3. The first-order chi connectivity index (χ1) is 11.1. The van der Waals surface area contributed by atoms with Gasteiger partial charge >= 0.3 is 0 Å². The lowest BCUT2D eigenvalue weighted by molar-refractivity contribution is -0.119. The minimum atomic E-state index is -0.695. The Kier molecular flexibility index (Phi) is 6.43. The van der Waals surface area contributed by atoms with Gasteiger partial charge in [0.15, 0.2) is 0 Å². The van der Waals surface area contributed by atoms with E-state index in [4.69, 9.17) is 11.6 Å². The summed E-state index contributed by atoms with van der Waals surface area (Å²) >= 11 is 7.18. The van der Waals surface area contributed by atoms with Gasteiger partial charge in [-0.3, -0.25) is 20.4 Å². The maximum Gasteiger partial charge on any atom is 0.272 e. The molecule has 2 aromatic carbocycles. The topological polar surface area (TPSA) is 58.2 Å². The Morgan fingerprint density at radius 2 is 1.74 bits per heavy atom. The van der Waals surface area contributed by atoms with Crippen molar-refractivity contribution in [2.45, 2.75) is 5.75 Å². The van der Waals surface area contributed by atoms with Gasteiger partial charge in [-0.1, -0.05) is 35.9 Å². The van der Waals surface area contributed by atoms with Crippen LogP contribution in [0.25, 0.3) is 0 Å². The van der Waals surface area contributed by atoms with Gasteiger partial charge in [0.2, 0.25) is 5.91 Å². The van der Waals surface area contributed by atoms with Crippen LogP contribution in [-0.4, -0.2) is 17.6 Å². The molecule has 2 N–H and O–H groups in total. The highest BCUT2D eigenvalue weighted by molar-refractivity contribution is 7.99. The van der Waals surface area contributed by atoms with Gasteiger partial charge in [0.25, 0.3) is 5.91 Å². The van der Waals surface area contributed by atoms with E-state index in [1.807, 2.05) is 12.1 Å². The van der Waals surface area contributed by atoms with Crippen LogP contribution >= 0.6 is 23.4 Å². The molecule has 0 aliphatic heterocycles. The summed E-state index contributed by atoms with van der Waals surface area (Å²) < 4.78 is 13.4. The first kappa shape index (κ1) is 17.3. The second-order valence-corrected chi connectivity index (χ2v) is 6.02. The van der Waals surface area contributed by atoms with Crippen LogP contribution in [0, 0.1) is 5.82 Å². The maximum atomic E-state index is 13.4. The monoisotopic (exact) mass is 352 g/mol. The van der Waals surface area contributed by atoms with Crippen molar-refractivity contribution in [2.75, 3.05) is 5.75 Å². The molecule has 0 bridgehead atoms. The highest BCUT2D eigenvalue weighted by atomic mass is 35.5. The van der Waals surface area contributed by atoms with Crippen LogP contribution in [-0.2, 0) is 10.5 Å². The largest absolute Gasteiger partial charge is 0.272 e. The number of rotatable bonds is 5. The Labute approximate surface area is 142 Å². The summed E-state index contributed by atoms with van der Waals surface area (Å²) in [5.41, 5.74) is 5.36. The highest BCUT2D eigenvalue weighted by Gasteiger charge is 2.11. The second kappa shape index (κ2) is 8.55. The van der Waals surface area contributed by atoms with Crippen LogP contribution in [0.2, 0.25) is 5.02 Å². The summed E-state index contributed by atoms with van der Waals surface area (Å²) in [4.78, 5) is 23.4. The number of hydrogen-bond donors (Lipinski definition) is 2. The molecule has 0 atom stereocenters. The fourth-order valence-corrected chi connectivity index (χ4v) is 2.63. The highest BCUT2D eigenvalue weighted by Crippen LogP contribution is 2.15. The van der Waals surface area contributed by atoms with Crippen molar-refractivity contribution in [1.82, 2.24) is 10.9 Å². The summed E-state index contributed by atoms with van der Waals surface area (Å²) in [6, 6.07) is 12.9. The quantitative estimate of drug-likeness (QED) is 0.813. The number of carbonyl (C=O) groups is 2. The molecule has 2 aromatic rings. The van der Waals surface area contributed by atoms with Crippen LogP contribution in [0.15, 0.2) is 48.5 Å². The van der Waals surface area contributed by atoms with Gasteiger partial charge < -0.3 is 0 Å². The van der Waals surface area contributed by atoms with Gasteiger partial charge in [-0.15, -0.1) is 11.8 Å². The Morgan fingerprint density at radius 3 is 2.43 bits per heavy atom. The predicted octanol–water partition coefficient (Wildman–Crippen LogP) is 3.17. The molecule has 0 unspecified atom stereocenters. The van der Waals surface area contributed by atoms with Crippen LogP contribution in [0.5, 0.6) is 0 Å². The van der Waals surface area contributed by atoms with Crippen molar-refractivity contribution < 1.29 is 14.0 Å². The van der Waals surface area contributed by atoms with Crippen molar-refractivity contribution in [3.05, 3.63) is 70.5 Å². The van der Waals surface area contributed by atoms with Crippen molar-refractivity contribution in [2.24, 2.45) is 0 Å². The Balaban J connectivity index is 1.72.